The van der Waals surface area contributed by atoms with Gasteiger partial charge in [-0.15, -0.1) is 11.3 Å². The van der Waals surface area contributed by atoms with E-state index in [2.05, 4.69) is 41.0 Å². The largest absolute Gasteiger partial charge is 0.287 e. The van der Waals surface area contributed by atoms with E-state index >= 15 is 0 Å². The highest BCUT2D eigenvalue weighted by molar-refractivity contribution is 7.98. The normalized spacial score (nSPS) is 13.2. The molecule has 3 nitrogen and oxygen atoms in total. The van der Waals surface area contributed by atoms with Crippen molar-refractivity contribution in [3.8, 4) is 5.69 Å². The van der Waals surface area contributed by atoms with Crippen molar-refractivity contribution in [3.63, 3.8) is 0 Å². The molecule has 2 heterocycles. The maximum Gasteiger partial charge on any atom is 0.211 e. The van der Waals surface area contributed by atoms with Gasteiger partial charge in [-0.2, -0.15) is 0 Å². The molecule has 134 valence electrons. The molecule has 0 unspecified atom stereocenters. The van der Waals surface area contributed by atoms with Gasteiger partial charge in [0.25, 0.3) is 0 Å². The van der Waals surface area contributed by atoms with Crippen LogP contribution >= 0.6 is 23.1 Å². The first kappa shape index (κ1) is 16.8. The first-order chi connectivity index (χ1) is 13.3. The Morgan fingerprint density at radius 2 is 1.74 bits per heavy atom. The van der Waals surface area contributed by atoms with Gasteiger partial charge in [-0.25, -0.2) is 4.98 Å². The second-order valence-electron chi connectivity index (χ2n) is 6.68. The summed E-state index contributed by atoms with van der Waals surface area (Å²) in [5, 5.41) is 0.886. The first-order valence-corrected chi connectivity index (χ1v) is 10.9. The number of fused-ring (bicyclic) bond motifs is 2. The van der Waals surface area contributed by atoms with Gasteiger partial charge in [0.05, 0.1) is 0 Å². The zero-order chi connectivity index (χ0) is 18.2. The molecule has 1 aliphatic rings. The van der Waals surface area contributed by atoms with Crippen LogP contribution in [0.2, 0.25) is 0 Å². The van der Waals surface area contributed by atoms with Crippen molar-refractivity contribution in [1.29, 1.82) is 0 Å². The molecule has 5 rings (SSSR count). The van der Waals surface area contributed by atoms with Crippen LogP contribution in [0.25, 0.3) is 16.0 Å². The Morgan fingerprint density at radius 3 is 2.52 bits per heavy atom. The molecular formula is C22H18N2OS2. The molecular weight excluding hydrogens is 372 g/mol. The highest BCUT2D eigenvalue weighted by atomic mass is 32.2. The van der Waals surface area contributed by atoms with E-state index < -0.39 is 0 Å². The molecule has 2 aromatic carbocycles. The van der Waals surface area contributed by atoms with E-state index in [1.54, 1.807) is 23.1 Å². The molecule has 0 saturated carbocycles. The predicted molar refractivity (Wildman–Crippen MR) is 113 cm³/mol. The third kappa shape index (κ3) is 3.01. The summed E-state index contributed by atoms with van der Waals surface area (Å²) in [6.07, 6.45) is 2.98. The Balaban J connectivity index is 1.67. The van der Waals surface area contributed by atoms with Crippen molar-refractivity contribution >= 4 is 33.4 Å². The van der Waals surface area contributed by atoms with E-state index in [4.69, 9.17) is 4.98 Å². The molecule has 0 N–H and O–H groups in total. The van der Waals surface area contributed by atoms with Gasteiger partial charge in [0.2, 0.25) is 5.43 Å². The van der Waals surface area contributed by atoms with Crippen molar-refractivity contribution in [2.45, 2.75) is 30.2 Å². The molecule has 4 aromatic rings. The lowest BCUT2D eigenvalue weighted by Crippen LogP contribution is -2.07. The van der Waals surface area contributed by atoms with E-state index in [-0.39, 0.29) is 5.43 Å². The summed E-state index contributed by atoms with van der Waals surface area (Å²) in [5.41, 5.74) is 4.06. The minimum Gasteiger partial charge on any atom is -0.287 e. The number of imidazole rings is 1. The highest BCUT2D eigenvalue weighted by Gasteiger charge is 2.23. The van der Waals surface area contributed by atoms with Crippen molar-refractivity contribution in [2.24, 2.45) is 0 Å². The van der Waals surface area contributed by atoms with Gasteiger partial charge in [-0.3, -0.25) is 9.36 Å². The van der Waals surface area contributed by atoms with Crippen molar-refractivity contribution in [1.82, 2.24) is 9.55 Å². The smallest absolute Gasteiger partial charge is 0.211 e. The summed E-state index contributed by atoms with van der Waals surface area (Å²) in [6, 6.07) is 20.6. The van der Waals surface area contributed by atoms with Gasteiger partial charge >= 0.3 is 0 Å². The summed E-state index contributed by atoms with van der Waals surface area (Å²) in [6.45, 7) is 0. The second kappa shape index (κ2) is 6.98. The molecule has 0 aliphatic heterocycles. The third-order valence-corrected chi connectivity index (χ3v) is 7.18. The number of nitrogens with zero attached hydrogens (tertiary/aromatic N) is 2. The Bertz CT molecular complexity index is 1160. The summed E-state index contributed by atoms with van der Waals surface area (Å²) in [5.74, 6) is 0.829. The standard InChI is InChI=1S/C22H18N2OS2/c25-20-17-12-7-13-18(17)27-21-19(20)23-22(24(21)16-10-5-2-6-11-16)26-14-15-8-3-1-4-9-15/h1-6,8-11H,7,12-14H2. The van der Waals surface area contributed by atoms with E-state index in [1.807, 2.05) is 24.3 Å². The van der Waals surface area contributed by atoms with Gasteiger partial charge < -0.3 is 0 Å². The Labute approximate surface area is 165 Å². The third-order valence-electron chi connectivity index (χ3n) is 4.91. The topological polar surface area (TPSA) is 34.9 Å². The maximum absolute atomic E-state index is 13.0. The lowest BCUT2D eigenvalue weighted by atomic mass is 10.2. The Kier molecular flexibility index (Phi) is 4.34. The van der Waals surface area contributed by atoms with E-state index in [1.165, 1.54) is 10.4 Å². The average molecular weight is 391 g/mol. The SMILES string of the molecule is O=c1c2c(sc3c1nc(SCc1ccccc1)n3-c1ccccc1)CCC2. The number of hydrogen-bond donors (Lipinski definition) is 0. The van der Waals surface area contributed by atoms with Crippen LogP contribution in [0.15, 0.2) is 70.6 Å². The molecule has 2 aromatic heterocycles. The zero-order valence-corrected chi connectivity index (χ0v) is 16.4. The fourth-order valence-electron chi connectivity index (χ4n) is 3.58. The summed E-state index contributed by atoms with van der Waals surface area (Å²) in [7, 11) is 0. The van der Waals surface area contributed by atoms with Crippen LogP contribution in [0.3, 0.4) is 0 Å². The summed E-state index contributed by atoms with van der Waals surface area (Å²) in [4.78, 5) is 20.0. The van der Waals surface area contributed by atoms with Gasteiger partial charge in [0, 0.05) is 21.9 Å². The van der Waals surface area contributed by atoms with Crippen LogP contribution in [0.4, 0.5) is 0 Å². The van der Waals surface area contributed by atoms with Crippen LogP contribution in [-0.2, 0) is 18.6 Å². The van der Waals surface area contributed by atoms with E-state index in [0.29, 0.717) is 5.52 Å². The lowest BCUT2D eigenvalue weighted by Gasteiger charge is -2.09. The number of aromatic nitrogens is 2. The molecule has 1 aliphatic carbocycles. The van der Waals surface area contributed by atoms with Gasteiger partial charge in [0.1, 0.15) is 10.3 Å². The summed E-state index contributed by atoms with van der Waals surface area (Å²) < 4.78 is 2.16. The van der Waals surface area contributed by atoms with Crippen LogP contribution in [0, 0.1) is 0 Å². The monoisotopic (exact) mass is 390 g/mol. The van der Waals surface area contributed by atoms with E-state index in [9.17, 15) is 4.79 Å². The van der Waals surface area contributed by atoms with Crippen LogP contribution in [0.5, 0.6) is 0 Å². The summed E-state index contributed by atoms with van der Waals surface area (Å²) >= 11 is 3.43. The molecule has 0 bridgehead atoms. The molecule has 5 heteroatoms. The molecule has 0 amide bonds. The number of thioether (sulfide) groups is 1. The van der Waals surface area contributed by atoms with Gasteiger partial charge in [0.15, 0.2) is 5.16 Å². The zero-order valence-electron chi connectivity index (χ0n) is 14.7. The van der Waals surface area contributed by atoms with Crippen LogP contribution in [0.1, 0.15) is 22.4 Å². The fourth-order valence-corrected chi connectivity index (χ4v) is 5.92. The second-order valence-corrected chi connectivity index (χ2v) is 8.71. The van der Waals surface area contributed by atoms with Crippen molar-refractivity contribution < 1.29 is 0 Å². The predicted octanol–water partition coefficient (Wildman–Crippen LogP) is 5.23. The highest BCUT2D eigenvalue weighted by Crippen LogP contribution is 2.34. The first-order valence-electron chi connectivity index (χ1n) is 9.11. The number of hydrogen-bond acceptors (Lipinski definition) is 4. The Hall–Kier alpha value is -2.37. The van der Waals surface area contributed by atoms with Crippen LogP contribution in [-0.4, -0.2) is 9.55 Å². The molecule has 0 spiro atoms. The van der Waals surface area contributed by atoms with E-state index in [0.717, 1.165) is 46.3 Å². The minimum atomic E-state index is 0.132. The number of rotatable bonds is 4. The molecule has 27 heavy (non-hydrogen) atoms. The lowest BCUT2D eigenvalue weighted by molar-refractivity contribution is 0.910. The van der Waals surface area contributed by atoms with Crippen molar-refractivity contribution in [3.05, 3.63) is 86.9 Å². The number of para-hydroxylation sites is 1. The van der Waals surface area contributed by atoms with Gasteiger partial charge in [-0.1, -0.05) is 60.3 Å². The maximum atomic E-state index is 13.0. The molecule has 0 saturated heterocycles. The molecule has 0 fully saturated rings. The average Bonchev–Trinajstić information content (AvgIpc) is 3.33. The van der Waals surface area contributed by atoms with Crippen LogP contribution < -0.4 is 5.43 Å². The van der Waals surface area contributed by atoms with Crippen molar-refractivity contribution in [2.75, 3.05) is 0 Å². The Morgan fingerprint density at radius 1 is 1.00 bits per heavy atom. The number of aryl methyl sites for hydroxylation is 1. The molecule has 0 radical (unpaired) electrons. The quantitative estimate of drug-likeness (QED) is 0.448. The number of benzene rings is 2. The molecule has 0 atom stereocenters. The fraction of sp³-hybridized carbons (Fsp3) is 0.182. The van der Waals surface area contributed by atoms with Gasteiger partial charge in [-0.05, 0) is 37.0 Å². The minimum absolute atomic E-state index is 0.132.